The second kappa shape index (κ2) is 15.1. The van der Waals surface area contributed by atoms with E-state index in [0.717, 1.165) is 23.1 Å². The summed E-state index contributed by atoms with van der Waals surface area (Å²) in [4.78, 5) is 48.9. The molecule has 2 aliphatic rings. The molecular weight excluding hydrogens is 616 g/mol. The Morgan fingerprint density at radius 3 is 1.67 bits per heavy atom. The Bertz CT molecular complexity index is 1730. The van der Waals surface area contributed by atoms with Crippen LogP contribution >= 0.6 is 0 Å². The molecule has 0 bridgehead atoms. The Morgan fingerprint density at radius 1 is 0.667 bits per heavy atom. The lowest BCUT2D eigenvalue weighted by molar-refractivity contribution is -0.217. The third-order valence-corrected chi connectivity index (χ3v) is 8.06. The Kier molecular flexibility index (Phi) is 10.3. The number of hydrogen-bond donors (Lipinski definition) is 0. The zero-order valence-electron chi connectivity index (χ0n) is 26.2. The molecule has 0 saturated carbocycles. The number of carbonyl (C=O) groups excluding carboxylic acids is 3. The van der Waals surface area contributed by atoms with Gasteiger partial charge in [-0.15, -0.1) is 0 Å². The van der Waals surface area contributed by atoms with Crippen LogP contribution < -0.4 is 9.62 Å². The monoisotopic (exact) mass is 650 g/mol. The van der Waals surface area contributed by atoms with Gasteiger partial charge in [0.1, 0.15) is 24.6 Å². The first-order chi connectivity index (χ1) is 23.4. The SMILES string of the molecule is C=Cc1ccc(COOc2ccc(C(=O)O[C@@H]3CO[C@H]4[C@@H]3OC[C@@H]4OC(=O)c3ccc(OC(=O)c4ccc(CC)cc4)cc3)cc2)cc1. The van der Waals surface area contributed by atoms with Crippen molar-refractivity contribution in [1.29, 1.82) is 0 Å². The Morgan fingerprint density at radius 2 is 1.15 bits per heavy atom. The molecule has 0 spiro atoms. The molecule has 48 heavy (non-hydrogen) atoms. The number of esters is 3. The molecule has 4 aromatic rings. The first kappa shape index (κ1) is 32.6. The molecule has 0 unspecified atom stereocenters. The second-order valence-corrected chi connectivity index (χ2v) is 11.3. The summed E-state index contributed by atoms with van der Waals surface area (Å²) in [7, 11) is 0. The quantitative estimate of drug-likeness (QED) is 0.0763. The van der Waals surface area contributed by atoms with Crippen molar-refractivity contribution in [3.8, 4) is 11.5 Å². The third-order valence-electron chi connectivity index (χ3n) is 8.06. The number of ether oxygens (including phenoxy) is 5. The van der Waals surface area contributed by atoms with E-state index in [-0.39, 0.29) is 25.4 Å². The zero-order chi connectivity index (χ0) is 33.5. The third kappa shape index (κ3) is 7.80. The fraction of sp³-hybridized carbons (Fsp3) is 0.237. The van der Waals surface area contributed by atoms with Gasteiger partial charge in [0, 0.05) is 0 Å². The van der Waals surface area contributed by atoms with Crippen molar-refractivity contribution >= 4 is 24.0 Å². The van der Waals surface area contributed by atoms with Crippen molar-refractivity contribution in [2.75, 3.05) is 13.2 Å². The number of carbonyl (C=O) groups is 3. The summed E-state index contributed by atoms with van der Waals surface area (Å²) < 4.78 is 28.5. The molecule has 0 aliphatic carbocycles. The van der Waals surface area contributed by atoms with E-state index in [1.165, 1.54) is 24.3 Å². The lowest BCUT2D eigenvalue weighted by Crippen LogP contribution is -2.36. The molecule has 0 aromatic heterocycles. The van der Waals surface area contributed by atoms with Crippen molar-refractivity contribution in [1.82, 2.24) is 0 Å². The molecule has 0 radical (unpaired) electrons. The Labute approximate surface area is 277 Å². The van der Waals surface area contributed by atoms with Gasteiger partial charge in [-0.2, -0.15) is 4.89 Å². The molecule has 6 rings (SSSR count). The Balaban J connectivity index is 0.951. The van der Waals surface area contributed by atoms with Crippen LogP contribution in [0.4, 0.5) is 0 Å². The molecule has 2 aliphatic heterocycles. The largest absolute Gasteiger partial charge is 0.453 e. The van der Waals surface area contributed by atoms with Gasteiger partial charge in [-0.25, -0.2) is 14.4 Å². The normalized spacial score (nSPS) is 19.6. The number of fused-ring (bicyclic) bond motifs is 1. The lowest BCUT2D eigenvalue weighted by atomic mass is 10.1. The van der Waals surface area contributed by atoms with Crippen LogP contribution in [0.1, 0.15) is 54.7 Å². The molecule has 2 fully saturated rings. The summed E-state index contributed by atoms with van der Waals surface area (Å²) >= 11 is 0. The second-order valence-electron chi connectivity index (χ2n) is 11.3. The van der Waals surface area contributed by atoms with Gasteiger partial charge in [-0.05, 0) is 83.8 Å². The molecule has 0 N–H and O–H groups in total. The molecule has 4 aromatic carbocycles. The van der Waals surface area contributed by atoms with Gasteiger partial charge in [0.2, 0.25) is 0 Å². The first-order valence-corrected chi connectivity index (χ1v) is 15.6. The van der Waals surface area contributed by atoms with Gasteiger partial charge in [0.25, 0.3) is 0 Å². The predicted octanol–water partition coefficient (Wildman–Crippen LogP) is 6.17. The van der Waals surface area contributed by atoms with E-state index >= 15 is 0 Å². The summed E-state index contributed by atoms with van der Waals surface area (Å²) in [6, 6.07) is 27.4. The van der Waals surface area contributed by atoms with Gasteiger partial charge in [0.05, 0.1) is 29.9 Å². The molecule has 2 saturated heterocycles. The van der Waals surface area contributed by atoms with E-state index in [1.807, 2.05) is 43.3 Å². The fourth-order valence-electron chi connectivity index (χ4n) is 5.31. The lowest BCUT2D eigenvalue weighted by Gasteiger charge is -2.17. The number of hydrogen-bond acceptors (Lipinski definition) is 10. The highest BCUT2D eigenvalue weighted by Crippen LogP contribution is 2.32. The maximum atomic E-state index is 12.9. The summed E-state index contributed by atoms with van der Waals surface area (Å²) in [5.74, 6) is -0.907. The number of aryl methyl sites for hydroxylation is 1. The predicted molar refractivity (Wildman–Crippen MR) is 173 cm³/mol. The maximum absolute atomic E-state index is 12.9. The molecule has 4 atom stereocenters. The van der Waals surface area contributed by atoms with Gasteiger partial charge >= 0.3 is 17.9 Å². The molecule has 10 nitrogen and oxygen atoms in total. The van der Waals surface area contributed by atoms with Gasteiger partial charge < -0.3 is 28.6 Å². The zero-order valence-corrected chi connectivity index (χ0v) is 26.2. The van der Waals surface area contributed by atoms with Crippen LogP contribution in [0.25, 0.3) is 6.08 Å². The average molecular weight is 651 g/mol. The van der Waals surface area contributed by atoms with Crippen LogP contribution in [0.5, 0.6) is 11.5 Å². The molecule has 0 amide bonds. The Hall–Kier alpha value is -5.29. The highest BCUT2D eigenvalue weighted by atomic mass is 17.2. The number of benzene rings is 4. The maximum Gasteiger partial charge on any atom is 0.343 e. The van der Waals surface area contributed by atoms with Crippen LogP contribution in [0, 0.1) is 0 Å². The van der Waals surface area contributed by atoms with Crippen molar-refractivity contribution in [3.63, 3.8) is 0 Å². The van der Waals surface area contributed by atoms with E-state index in [9.17, 15) is 14.4 Å². The summed E-state index contributed by atoms with van der Waals surface area (Å²) in [5.41, 5.74) is 4.09. The first-order valence-electron chi connectivity index (χ1n) is 15.6. The number of rotatable bonds is 12. The summed E-state index contributed by atoms with van der Waals surface area (Å²) in [6.07, 6.45) is 0.0958. The molecule has 2 heterocycles. The van der Waals surface area contributed by atoms with Gasteiger partial charge in [-0.3, -0.25) is 0 Å². The van der Waals surface area contributed by atoms with E-state index in [2.05, 4.69) is 6.58 Å². The topological polar surface area (TPSA) is 116 Å². The average Bonchev–Trinajstić information content (AvgIpc) is 3.72. The van der Waals surface area contributed by atoms with Crippen molar-refractivity contribution in [3.05, 3.63) is 137 Å². The van der Waals surface area contributed by atoms with E-state index < -0.39 is 42.3 Å². The summed E-state index contributed by atoms with van der Waals surface area (Å²) in [5, 5.41) is 0. The summed E-state index contributed by atoms with van der Waals surface area (Å²) in [6.45, 7) is 6.21. The standard InChI is InChI=1S/C38H34O10/c1-3-24-5-7-26(8-6-24)21-44-48-31-19-15-29(16-20-31)38(41)47-33-23-43-34-32(22-42-35(33)34)46-37(40)28-13-17-30(18-14-28)45-36(39)27-11-9-25(4-2)10-12-27/h3,5-20,32-35H,1,4,21-23H2,2H3/t32-,33+,34+,35+/m0/s1. The smallest absolute Gasteiger partial charge is 0.343 e. The van der Waals surface area contributed by atoms with E-state index in [1.54, 1.807) is 42.5 Å². The van der Waals surface area contributed by atoms with Crippen molar-refractivity contribution < 1.29 is 47.8 Å². The fourth-order valence-corrected chi connectivity index (χ4v) is 5.31. The molecular formula is C38H34O10. The molecule has 10 heteroatoms. The molecule has 246 valence electrons. The van der Waals surface area contributed by atoms with Crippen LogP contribution in [0.15, 0.2) is 104 Å². The van der Waals surface area contributed by atoms with Crippen LogP contribution in [-0.2, 0) is 36.9 Å². The van der Waals surface area contributed by atoms with Crippen molar-refractivity contribution in [2.45, 2.75) is 44.4 Å². The van der Waals surface area contributed by atoms with Crippen LogP contribution in [-0.4, -0.2) is 55.5 Å². The minimum Gasteiger partial charge on any atom is -0.453 e. The van der Waals surface area contributed by atoms with Gasteiger partial charge in [0.15, 0.2) is 18.0 Å². The highest BCUT2D eigenvalue weighted by molar-refractivity contribution is 5.92. The van der Waals surface area contributed by atoms with Crippen LogP contribution in [0.2, 0.25) is 0 Å². The minimum atomic E-state index is -0.689. The minimum absolute atomic E-state index is 0.0894. The van der Waals surface area contributed by atoms with E-state index in [4.69, 9.17) is 33.5 Å². The van der Waals surface area contributed by atoms with Crippen molar-refractivity contribution in [2.24, 2.45) is 0 Å². The van der Waals surface area contributed by atoms with Gasteiger partial charge in [-0.1, -0.05) is 56.0 Å². The van der Waals surface area contributed by atoms with Crippen LogP contribution in [0.3, 0.4) is 0 Å². The van der Waals surface area contributed by atoms with E-state index in [0.29, 0.717) is 22.6 Å². The highest BCUT2D eigenvalue weighted by Gasteiger charge is 2.51.